The van der Waals surface area contributed by atoms with Gasteiger partial charge in [0.1, 0.15) is 12.4 Å². The number of nitrogens with zero attached hydrogens (tertiary/aromatic N) is 1. The summed E-state index contributed by atoms with van der Waals surface area (Å²) < 4.78 is 51.4. The Kier molecular flexibility index (Phi) is 24.2. The van der Waals surface area contributed by atoms with Crippen LogP contribution in [0.1, 0.15) is 68.1 Å². The topological polar surface area (TPSA) is 49.4 Å². The Bertz CT molecular complexity index is 2470. The monoisotopic (exact) mass is 936 g/mol. The van der Waals surface area contributed by atoms with Crippen LogP contribution in [0, 0.1) is 74.7 Å². The third-order valence-electron chi connectivity index (χ3n) is 10.2. The number of hydrogen-bond donors (Lipinski definition) is 0. The Morgan fingerprint density at radius 3 is 1.36 bits per heavy atom. The number of alkyl halides is 2. The Morgan fingerprint density at radius 1 is 0.507 bits per heavy atom. The van der Waals surface area contributed by atoms with E-state index in [1.165, 1.54) is 51.1 Å². The molecule has 0 aromatic heterocycles. The van der Waals surface area contributed by atoms with Crippen LogP contribution in [-0.2, 0) is 5.92 Å². The van der Waals surface area contributed by atoms with Crippen molar-refractivity contribution in [3.05, 3.63) is 219 Å². The van der Waals surface area contributed by atoms with Gasteiger partial charge in [-0.3, -0.25) is 0 Å². The van der Waals surface area contributed by atoms with Gasteiger partial charge in [0.05, 0.1) is 0 Å². The van der Waals surface area contributed by atoms with E-state index >= 15 is 0 Å². The molecule has 0 spiro atoms. The van der Waals surface area contributed by atoms with Crippen LogP contribution < -0.4 is 23.7 Å². The van der Waals surface area contributed by atoms with E-state index in [2.05, 4.69) is 106 Å². The number of fused-ring (bicyclic) bond motifs is 2. The van der Waals surface area contributed by atoms with Crippen LogP contribution in [0.25, 0.3) is 0 Å². The second-order valence-electron chi connectivity index (χ2n) is 17.2. The quantitative estimate of drug-likeness (QED) is 0.160. The molecule has 2 aliphatic rings. The molecule has 0 radical (unpaired) electrons. The largest absolute Gasteiger partial charge is 0.492 e. The van der Waals surface area contributed by atoms with Crippen molar-refractivity contribution in [1.82, 2.24) is 4.90 Å². The molecule has 0 bridgehead atoms. The van der Waals surface area contributed by atoms with Crippen molar-refractivity contribution in [3.8, 4) is 41.1 Å². The van der Waals surface area contributed by atoms with Gasteiger partial charge in [-0.1, -0.05) is 160 Å². The SMILES string of the molecule is C#Cc1ccc(C)cc1.Cc1ccc(C(C)(F)F)cc1.Cc1ccc(C)cc1.Cc1ccc(C)cc1.Cc1ccc(OCCN(C)C)cc1.Cc1ccc2c(c1)OCO2.Cc1cccc2c1OCO2. The van der Waals surface area contributed by atoms with Gasteiger partial charge in [-0.2, -0.15) is 0 Å². The van der Waals surface area contributed by atoms with E-state index in [-0.39, 0.29) is 5.56 Å². The maximum Gasteiger partial charge on any atom is 0.270 e. The summed E-state index contributed by atoms with van der Waals surface area (Å²) in [4.78, 5) is 2.11. The molecule has 2 aliphatic heterocycles. The predicted octanol–water partition coefficient (Wildman–Crippen LogP) is 15.1. The van der Waals surface area contributed by atoms with Crippen molar-refractivity contribution >= 4 is 0 Å². The lowest BCUT2D eigenvalue weighted by Crippen LogP contribution is -2.19. The van der Waals surface area contributed by atoms with Crippen molar-refractivity contribution in [2.75, 3.05) is 40.8 Å². The van der Waals surface area contributed by atoms with Crippen molar-refractivity contribution < 1.29 is 32.5 Å². The molecule has 0 saturated carbocycles. The fourth-order valence-electron chi connectivity index (χ4n) is 5.83. The molecule has 0 fully saturated rings. The molecule has 0 amide bonds. The maximum absolute atomic E-state index is 12.6. The third kappa shape index (κ3) is 23.0. The van der Waals surface area contributed by atoms with Crippen LogP contribution in [0.15, 0.2) is 158 Å². The van der Waals surface area contributed by atoms with Crippen molar-refractivity contribution in [2.45, 2.75) is 75.2 Å². The van der Waals surface area contributed by atoms with Gasteiger partial charge < -0.3 is 28.6 Å². The second-order valence-corrected chi connectivity index (χ2v) is 17.2. The standard InChI is InChI=1S/C11H17NO.C9H10F2.C9H8.2C8H8O2.2C8H10/c1-10-4-6-11(7-5-10)13-9-8-12(2)3;1-7-3-5-8(6-4-7)9(2,10)11;1-3-9-6-4-8(2)5-7-9;1-6-2-3-7-8(4-6)10-5-9-7;1-6-3-2-4-7-8(6)10-5-9-7;2*1-7-3-5-8(2)6-4-7/h4-7H,8-9H2,1-3H3;3-6H,1-2H3;1,4-7H,2H3;2*2-4H,5H2,1H3;2*3-6H,1-2H3. The van der Waals surface area contributed by atoms with E-state index < -0.39 is 5.92 Å². The van der Waals surface area contributed by atoms with Gasteiger partial charge in [0.15, 0.2) is 23.0 Å². The zero-order chi connectivity index (χ0) is 50.8. The minimum Gasteiger partial charge on any atom is -0.492 e. The number of para-hydroxylation sites is 1. The van der Waals surface area contributed by atoms with Gasteiger partial charge in [0.25, 0.3) is 5.92 Å². The summed E-state index contributed by atoms with van der Waals surface area (Å²) in [5.74, 6) is 4.26. The van der Waals surface area contributed by atoms with Crippen molar-refractivity contribution in [3.63, 3.8) is 0 Å². The molecule has 0 atom stereocenters. The van der Waals surface area contributed by atoms with Crippen LogP contribution in [0.2, 0.25) is 0 Å². The number of terminal acetylenes is 1. The molecule has 0 saturated heterocycles. The molecular formula is C61H71F2NO5. The predicted molar refractivity (Wildman–Crippen MR) is 282 cm³/mol. The second kappa shape index (κ2) is 29.6. The Hall–Kier alpha value is -7.08. The smallest absolute Gasteiger partial charge is 0.270 e. The number of aryl methyl sites for hydroxylation is 9. The van der Waals surface area contributed by atoms with E-state index in [4.69, 9.17) is 30.1 Å². The third-order valence-corrected chi connectivity index (χ3v) is 10.2. The van der Waals surface area contributed by atoms with E-state index in [1.807, 2.05) is 115 Å². The van der Waals surface area contributed by atoms with Gasteiger partial charge in [-0.15, -0.1) is 6.42 Å². The number of benzene rings is 7. The number of halogens is 2. The molecule has 364 valence electrons. The summed E-state index contributed by atoms with van der Waals surface area (Å²) in [6.45, 7) is 21.7. The summed E-state index contributed by atoms with van der Waals surface area (Å²) >= 11 is 0. The molecule has 0 aliphatic carbocycles. The van der Waals surface area contributed by atoms with Gasteiger partial charge in [-0.25, -0.2) is 8.78 Å². The highest BCUT2D eigenvalue weighted by Gasteiger charge is 2.23. The molecule has 6 nitrogen and oxygen atoms in total. The molecule has 8 heteroatoms. The van der Waals surface area contributed by atoms with Crippen LogP contribution in [0.4, 0.5) is 8.78 Å². The highest BCUT2D eigenvalue weighted by Crippen LogP contribution is 2.34. The Morgan fingerprint density at radius 2 is 0.913 bits per heavy atom. The Labute approximate surface area is 411 Å². The molecule has 0 unspecified atom stereocenters. The first-order valence-corrected chi connectivity index (χ1v) is 22.9. The summed E-state index contributed by atoms with van der Waals surface area (Å²) in [6, 6.07) is 51.1. The fourth-order valence-corrected chi connectivity index (χ4v) is 5.83. The minimum atomic E-state index is -2.71. The molecule has 7 aromatic rings. The van der Waals surface area contributed by atoms with Crippen LogP contribution in [0.3, 0.4) is 0 Å². The summed E-state index contributed by atoms with van der Waals surface area (Å²) in [5.41, 5.74) is 12.2. The summed E-state index contributed by atoms with van der Waals surface area (Å²) in [6.07, 6.45) is 5.15. The van der Waals surface area contributed by atoms with E-state index in [9.17, 15) is 8.78 Å². The first-order valence-electron chi connectivity index (χ1n) is 22.9. The van der Waals surface area contributed by atoms with Crippen molar-refractivity contribution in [2.24, 2.45) is 0 Å². The van der Waals surface area contributed by atoms with Crippen LogP contribution in [0.5, 0.6) is 28.7 Å². The molecule has 7 aromatic carbocycles. The number of hydrogen-bond acceptors (Lipinski definition) is 6. The lowest BCUT2D eigenvalue weighted by Gasteiger charge is -2.10. The minimum absolute atomic E-state index is 0.0723. The normalized spacial score (nSPS) is 11.0. The molecule has 2 heterocycles. The fraction of sp³-hybridized carbons (Fsp3) is 0.279. The van der Waals surface area contributed by atoms with E-state index in [0.29, 0.717) is 13.6 Å². The van der Waals surface area contributed by atoms with E-state index in [0.717, 1.165) is 65.5 Å². The number of ether oxygens (including phenoxy) is 5. The average molecular weight is 936 g/mol. The zero-order valence-electron chi connectivity index (χ0n) is 42.7. The maximum atomic E-state index is 12.6. The summed E-state index contributed by atoms with van der Waals surface area (Å²) in [5, 5.41) is 0. The number of likely N-dealkylation sites (N-methyl/N-ethyl adjacent to an activating group) is 1. The average Bonchev–Trinajstić information content (AvgIpc) is 4.01. The highest BCUT2D eigenvalue weighted by atomic mass is 19.3. The van der Waals surface area contributed by atoms with Gasteiger partial charge in [0.2, 0.25) is 13.6 Å². The van der Waals surface area contributed by atoms with Crippen LogP contribution >= 0.6 is 0 Å². The summed E-state index contributed by atoms with van der Waals surface area (Å²) in [7, 11) is 4.08. The molecule has 69 heavy (non-hydrogen) atoms. The number of rotatable bonds is 5. The van der Waals surface area contributed by atoms with Gasteiger partial charge >= 0.3 is 0 Å². The highest BCUT2D eigenvalue weighted by molar-refractivity contribution is 5.47. The lowest BCUT2D eigenvalue weighted by molar-refractivity contribution is 0.0174. The Balaban J connectivity index is 0.000000214. The first-order chi connectivity index (χ1) is 32.8. The molecule has 0 N–H and O–H groups in total. The van der Waals surface area contributed by atoms with Gasteiger partial charge in [-0.05, 0) is 130 Å². The first kappa shape index (κ1) is 56.2. The lowest BCUT2D eigenvalue weighted by atomic mass is 10.1. The van der Waals surface area contributed by atoms with Crippen molar-refractivity contribution in [1.29, 1.82) is 0 Å². The van der Waals surface area contributed by atoms with Gasteiger partial charge in [0, 0.05) is 24.6 Å². The zero-order valence-corrected chi connectivity index (χ0v) is 42.7. The van der Waals surface area contributed by atoms with Crippen LogP contribution in [-0.4, -0.2) is 45.7 Å². The molecular weight excluding hydrogens is 865 g/mol. The molecule has 9 rings (SSSR count). The van der Waals surface area contributed by atoms with E-state index in [1.54, 1.807) is 12.1 Å².